The number of benzene rings is 1. The summed E-state index contributed by atoms with van der Waals surface area (Å²) in [5.41, 5.74) is 2.17. The molecule has 0 spiro atoms. The fourth-order valence-electron chi connectivity index (χ4n) is 4.80. The van der Waals surface area contributed by atoms with E-state index in [2.05, 4.69) is 15.2 Å². The fraction of sp³-hybridized carbons (Fsp3) is 0.500. The Morgan fingerprint density at radius 2 is 2.00 bits per heavy atom. The molecule has 1 aliphatic carbocycles. The third kappa shape index (κ3) is 6.40. The minimum absolute atomic E-state index is 0.0940. The first-order valence-corrected chi connectivity index (χ1v) is 12.3. The molecule has 0 saturated carbocycles. The number of hydrogen-bond acceptors (Lipinski definition) is 5. The summed E-state index contributed by atoms with van der Waals surface area (Å²) < 4.78 is 50.3. The van der Waals surface area contributed by atoms with Crippen LogP contribution in [0, 0.1) is 12.8 Å². The fourth-order valence-corrected chi connectivity index (χ4v) is 4.80. The van der Waals surface area contributed by atoms with Crippen molar-refractivity contribution in [2.45, 2.75) is 45.4 Å². The molecule has 1 unspecified atom stereocenters. The maximum atomic E-state index is 14.4. The highest BCUT2D eigenvalue weighted by molar-refractivity contribution is 6.00. The maximum Gasteiger partial charge on any atom is 0.345 e. The lowest BCUT2D eigenvalue weighted by Gasteiger charge is -2.32. The van der Waals surface area contributed by atoms with E-state index in [1.807, 2.05) is 23.9 Å². The third-order valence-electron chi connectivity index (χ3n) is 6.85. The summed E-state index contributed by atoms with van der Waals surface area (Å²) in [6, 6.07) is 3.61. The number of ether oxygens (including phenoxy) is 2. The van der Waals surface area contributed by atoms with Gasteiger partial charge in [0, 0.05) is 56.9 Å². The SMILES string of the molecule is COCCNC(=O)c1ccc2nn(CC3CCN(C(=O)C4=C(F)CC(OC(F)F)C=C4)CC3)cc2c1C. The predicted octanol–water partition coefficient (Wildman–Crippen LogP) is 3.75. The number of rotatable bonds is 9. The van der Waals surface area contributed by atoms with Crippen LogP contribution in [0.25, 0.3) is 10.9 Å². The normalized spacial score (nSPS) is 18.8. The number of nitrogens with zero attached hydrogens (tertiary/aromatic N) is 3. The van der Waals surface area contributed by atoms with E-state index in [1.54, 1.807) is 18.1 Å². The summed E-state index contributed by atoms with van der Waals surface area (Å²) in [7, 11) is 1.58. The van der Waals surface area contributed by atoms with Gasteiger partial charge in [0.05, 0.1) is 23.8 Å². The van der Waals surface area contributed by atoms with E-state index in [-0.39, 0.29) is 23.8 Å². The smallest absolute Gasteiger partial charge is 0.345 e. The Labute approximate surface area is 213 Å². The van der Waals surface area contributed by atoms with Crippen molar-refractivity contribution in [1.82, 2.24) is 20.0 Å². The molecule has 1 N–H and O–H groups in total. The molecule has 1 aromatic heterocycles. The van der Waals surface area contributed by atoms with Crippen molar-refractivity contribution < 1.29 is 32.2 Å². The Balaban J connectivity index is 1.34. The minimum atomic E-state index is -3.00. The molecule has 1 atom stereocenters. The van der Waals surface area contributed by atoms with Crippen molar-refractivity contribution in [2.24, 2.45) is 5.92 Å². The lowest BCUT2D eigenvalue weighted by atomic mass is 9.95. The molecule has 37 heavy (non-hydrogen) atoms. The van der Waals surface area contributed by atoms with Gasteiger partial charge in [-0.05, 0) is 49.5 Å². The number of carbonyl (C=O) groups excluding carboxylic acids is 2. The average Bonchev–Trinajstić information content (AvgIpc) is 3.27. The highest BCUT2D eigenvalue weighted by atomic mass is 19.3. The van der Waals surface area contributed by atoms with Crippen molar-refractivity contribution in [3.8, 4) is 0 Å². The molecular formula is C26H31F3N4O4. The van der Waals surface area contributed by atoms with Crippen LogP contribution in [-0.2, 0) is 20.8 Å². The van der Waals surface area contributed by atoms with Gasteiger partial charge in [-0.25, -0.2) is 4.39 Å². The number of carbonyl (C=O) groups is 2. The van der Waals surface area contributed by atoms with Crippen LogP contribution in [0.4, 0.5) is 13.2 Å². The van der Waals surface area contributed by atoms with E-state index >= 15 is 0 Å². The third-order valence-corrected chi connectivity index (χ3v) is 6.85. The second kappa shape index (κ2) is 11.9. The molecule has 0 bridgehead atoms. The van der Waals surface area contributed by atoms with E-state index in [0.29, 0.717) is 38.3 Å². The number of aryl methyl sites for hydroxylation is 1. The van der Waals surface area contributed by atoms with Crippen LogP contribution in [0.2, 0.25) is 0 Å². The van der Waals surface area contributed by atoms with Crippen LogP contribution < -0.4 is 5.32 Å². The van der Waals surface area contributed by atoms with Crippen LogP contribution in [0.15, 0.2) is 41.9 Å². The molecule has 1 aromatic carbocycles. The number of methoxy groups -OCH3 is 1. The molecule has 2 aromatic rings. The van der Waals surface area contributed by atoms with Gasteiger partial charge in [-0.15, -0.1) is 0 Å². The summed E-state index contributed by atoms with van der Waals surface area (Å²) in [6.07, 6.45) is 4.49. The maximum absolute atomic E-state index is 14.4. The van der Waals surface area contributed by atoms with E-state index in [4.69, 9.17) is 4.74 Å². The van der Waals surface area contributed by atoms with Crippen molar-refractivity contribution in [2.75, 3.05) is 33.4 Å². The zero-order valence-electron chi connectivity index (χ0n) is 20.9. The Morgan fingerprint density at radius 3 is 2.68 bits per heavy atom. The number of aromatic nitrogens is 2. The lowest BCUT2D eigenvalue weighted by Crippen LogP contribution is -2.40. The van der Waals surface area contributed by atoms with Crippen LogP contribution in [0.5, 0.6) is 0 Å². The van der Waals surface area contributed by atoms with Crippen LogP contribution in [-0.4, -0.2) is 72.6 Å². The monoisotopic (exact) mass is 520 g/mol. The van der Waals surface area contributed by atoms with Crippen LogP contribution in [0.1, 0.15) is 35.2 Å². The number of piperidine rings is 1. The zero-order chi connectivity index (χ0) is 26.5. The number of nitrogens with one attached hydrogen (secondary N) is 1. The molecule has 1 aliphatic heterocycles. The van der Waals surface area contributed by atoms with Gasteiger partial charge < -0.3 is 19.7 Å². The molecule has 1 saturated heterocycles. The summed E-state index contributed by atoms with van der Waals surface area (Å²) in [5.74, 6) is -1.04. The summed E-state index contributed by atoms with van der Waals surface area (Å²) >= 11 is 0. The largest absolute Gasteiger partial charge is 0.383 e. The molecule has 4 rings (SSSR count). The zero-order valence-corrected chi connectivity index (χ0v) is 20.9. The summed E-state index contributed by atoms with van der Waals surface area (Å²) in [6.45, 7) is 1.38. The number of amides is 2. The molecule has 2 heterocycles. The number of hydrogen-bond donors (Lipinski definition) is 1. The summed E-state index contributed by atoms with van der Waals surface area (Å²) in [5, 5.41) is 8.41. The molecule has 200 valence electrons. The van der Waals surface area contributed by atoms with Gasteiger partial charge in [0.25, 0.3) is 11.8 Å². The first kappa shape index (κ1) is 26.9. The van der Waals surface area contributed by atoms with Gasteiger partial charge >= 0.3 is 6.61 Å². The molecular weight excluding hydrogens is 489 g/mol. The number of likely N-dealkylation sites (tertiary alicyclic amines) is 1. The van der Waals surface area contributed by atoms with Crippen molar-refractivity contribution in [3.63, 3.8) is 0 Å². The molecule has 1 fully saturated rings. The highest BCUT2D eigenvalue weighted by Gasteiger charge is 2.29. The lowest BCUT2D eigenvalue weighted by molar-refractivity contribution is -0.150. The average molecular weight is 521 g/mol. The van der Waals surface area contributed by atoms with Gasteiger partial charge in [-0.2, -0.15) is 13.9 Å². The van der Waals surface area contributed by atoms with Crippen molar-refractivity contribution in [3.05, 3.63) is 53.0 Å². The van der Waals surface area contributed by atoms with Gasteiger partial charge in [-0.1, -0.05) is 6.08 Å². The van der Waals surface area contributed by atoms with Crippen molar-refractivity contribution in [1.29, 1.82) is 0 Å². The molecule has 11 heteroatoms. The summed E-state index contributed by atoms with van der Waals surface area (Å²) in [4.78, 5) is 26.9. The first-order valence-electron chi connectivity index (χ1n) is 12.3. The van der Waals surface area contributed by atoms with Crippen molar-refractivity contribution >= 4 is 22.7 Å². The Morgan fingerprint density at radius 1 is 1.24 bits per heavy atom. The number of halogens is 3. The van der Waals surface area contributed by atoms with Gasteiger partial charge in [0.1, 0.15) is 5.83 Å². The number of fused-ring (bicyclic) bond motifs is 1. The molecule has 2 aliphatic rings. The van der Waals surface area contributed by atoms with Crippen LogP contribution >= 0.6 is 0 Å². The minimum Gasteiger partial charge on any atom is -0.383 e. The molecule has 8 nitrogen and oxygen atoms in total. The Bertz CT molecular complexity index is 1200. The standard InChI is InChI=1S/C26H31F3N4O4/c1-16-19(24(34)30-9-12-36-2)5-6-23-21(16)15-33(31-23)14-17-7-10-32(11-8-17)25(35)20-4-3-18(13-22(20)27)37-26(28)29/h3-6,15,17-18,26H,7-14H2,1-2H3,(H,30,34). The first-order chi connectivity index (χ1) is 17.8. The topological polar surface area (TPSA) is 85.7 Å². The Kier molecular flexibility index (Phi) is 8.65. The van der Waals surface area contributed by atoms with E-state index in [9.17, 15) is 22.8 Å². The van der Waals surface area contributed by atoms with E-state index < -0.39 is 24.4 Å². The quantitative estimate of drug-likeness (QED) is 0.509. The highest BCUT2D eigenvalue weighted by Crippen LogP contribution is 2.28. The van der Waals surface area contributed by atoms with Crippen LogP contribution in [0.3, 0.4) is 0 Å². The van der Waals surface area contributed by atoms with E-state index in [1.165, 1.54) is 12.2 Å². The van der Waals surface area contributed by atoms with Gasteiger partial charge in [-0.3, -0.25) is 14.3 Å². The van der Waals surface area contributed by atoms with E-state index in [0.717, 1.165) is 29.3 Å². The second-order valence-electron chi connectivity index (χ2n) is 9.32. The predicted molar refractivity (Wildman–Crippen MR) is 131 cm³/mol. The molecule has 2 amide bonds. The van der Waals surface area contributed by atoms with Gasteiger partial charge in [0.2, 0.25) is 0 Å². The number of alkyl halides is 2. The molecule has 0 radical (unpaired) electrons. The Hall–Kier alpha value is -3.18. The second-order valence-corrected chi connectivity index (χ2v) is 9.32. The van der Waals surface area contributed by atoms with Gasteiger partial charge in [0.15, 0.2) is 0 Å².